The summed E-state index contributed by atoms with van der Waals surface area (Å²) in [5.41, 5.74) is 0. The Morgan fingerprint density at radius 3 is 2.53 bits per heavy atom. The average molecular weight is 224 g/mol. The van der Waals surface area contributed by atoms with E-state index in [-0.39, 0.29) is 4.90 Å². The van der Waals surface area contributed by atoms with Gasteiger partial charge in [-0.05, 0) is 23.6 Å². The zero-order chi connectivity index (χ0) is 11.1. The first-order valence-electron chi connectivity index (χ1n) is 4.37. The molecule has 78 valence electrons. The van der Waals surface area contributed by atoms with Gasteiger partial charge in [0.2, 0.25) is 0 Å². The summed E-state index contributed by atoms with van der Waals surface area (Å²) >= 11 is 0. The number of fused-ring (bicyclic) bond motifs is 1. The average Bonchev–Trinajstić information content (AvgIpc) is 2.16. The number of benzene rings is 2. The van der Waals surface area contributed by atoms with E-state index in [1.54, 1.807) is 18.2 Å². The first-order chi connectivity index (χ1) is 6.98. The second kappa shape index (κ2) is 3.31. The quantitative estimate of drug-likeness (QED) is 0.745. The Bertz CT molecular complexity index is 618. The molecule has 0 atom stereocenters. The Balaban J connectivity index is 2.81. The molecule has 0 unspecified atom stereocenters. The number of sulfone groups is 1. The van der Waals surface area contributed by atoms with Gasteiger partial charge in [-0.3, -0.25) is 0 Å². The van der Waals surface area contributed by atoms with Crippen molar-refractivity contribution in [1.29, 1.82) is 0 Å². The first-order valence-corrected chi connectivity index (χ1v) is 6.26. The molecule has 0 aliphatic heterocycles. The predicted octanol–water partition coefficient (Wildman–Crippen LogP) is 2.38. The van der Waals surface area contributed by atoms with E-state index in [1.165, 1.54) is 18.2 Å². The van der Waals surface area contributed by atoms with Crippen molar-refractivity contribution in [3.63, 3.8) is 0 Å². The Labute approximate surface area is 87.3 Å². The smallest absolute Gasteiger partial charge is 0.175 e. The molecule has 2 aromatic rings. The number of hydrogen-bond donors (Lipinski definition) is 0. The molecule has 15 heavy (non-hydrogen) atoms. The summed E-state index contributed by atoms with van der Waals surface area (Å²) in [4.78, 5) is 0.139. The van der Waals surface area contributed by atoms with Crippen molar-refractivity contribution in [1.82, 2.24) is 0 Å². The van der Waals surface area contributed by atoms with E-state index < -0.39 is 15.7 Å². The van der Waals surface area contributed by atoms with Crippen LogP contribution in [-0.4, -0.2) is 14.7 Å². The van der Waals surface area contributed by atoms with Crippen molar-refractivity contribution in [2.75, 3.05) is 6.26 Å². The van der Waals surface area contributed by atoms with E-state index in [0.717, 1.165) is 6.26 Å². The summed E-state index contributed by atoms with van der Waals surface area (Å²) in [5.74, 6) is -0.405. The lowest BCUT2D eigenvalue weighted by atomic mass is 10.1. The van der Waals surface area contributed by atoms with E-state index in [4.69, 9.17) is 0 Å². The molecule has 0 aliphatic rings. The Hall–Kier alpha value is -1.42. The van der Waals surface area contributed by atoms with Crippen LogP contribution in [0.4, 0.5) is 4.39 Å². The van der Waals surface area contributed by atoms with Gasteiger partial charge in [0.05, 0.1) is 4.90 Å². The van der Waals surface area contributed by atoms with Crippen LogP contribution in [0.25, 0.3) is 10.8 Å². The van der Waals surface area contributed by atoms with Crippen LogP contribution in [-0.2, 0) is 9.84 Å². The molecular formula is C11H9FO2S. The van der Waals surface area contributed by atoms with Crippen molar-refractivity contribution in [2.24, 2.45) is 0 Å². The van der Waals surface area contributed by atoms with Gasteiger partial charge in [0, 0.05) is 11.6 Å². The Morgan fingerprint density at radius 2 is 1.87 bits per heavy atom. The molecule has 0 fully saturated rings. The zero-order valence-corrected chi connectivity index (χ0v) is 8.88. The van der Waals surface area contributed by atoms with E-state index >= 15 is 0 Å². The van der Waals surface area contributed by atoms with Gasteiger partial charge in [-0.15, -0.1) is 0 Å². The highest BCUT2D eigenvalue weighted by Crippen LogP contribution is 2.21. The van der Waals surface area contributed by atoms with E-state index in [9.17, 15) is 12.8 Å². The van der Waals surface area contributed by atoms with E-state index in [0.29, 0.717) is 10.8 Å². The van der Waals surface area contributed by atoms with Crippen LogP contribution in [0.2, 0.25) is 0 Å². The summed E-state index contributed by atoms with van der Waals surface area (Å²) in [5, 5.41) is 1.03. The van der Waals surface area contributed by atoms with Gasteiger partial charge < -0.3 is 0 Å². The maximum Gasteiger partial charge on any atom is 0.175 e. The lowest BCUT2D eigenvalue weighted by Crippen LogP contribution is -1.96. The summed E-state index contributed by atoms with van der Waals surface area (Å²) in [7, 11) is -3.28. The van der Waals surface area contributed by atoms with Crippen molar-refractivity contribution in [2.45, 2.75) is 4.90 Å². The number of halogens is 1. The maximum atomic E-state index is 13.4. The van der Waals surface area contributed by atoms with E-state index in [2.05, 4.69) is 0 Å². The van der Waals surface area contributed by atoms with Crippen LogP contribution in [0.5, 0.6) is 0 Å². The minimum atomic E-state index is -3.28. The Morgan fingerprint density at radius 1 is 1.13 bits per heavy atom. The summed E-state index contributed by atoms with van der Waals surface area (Å²) in [6.45, 7) is 0. The van der Waals surface area contributed by atoms with Crippen LogP contribution in [0.3, 0.4) is 0 Å². The summed E-state index contributed by atoms with van der Waals surface area (Å²) in [6.07, 6.45) is 1.11. The lowest BCUT2D eigenvalue weighted by molar-refractivity contribution is 0.602. The highest BCUT2D eigenvalue weighted by molar-refractivity contribution is 7.90. The minimum Gasteiger partial charge on any atom is -0.224 e. The fourth-order valence-corrected chi connectivity index (χ4v) is 2.09. The van der Waals surface area contributed by atoms with Gasteiger partial charge in [-0.1, -0.05) is 18.2 Å². The summed E-state index contributed by atoms with van der Waals surface area (Å²) < 4.78 is 35.9. The van der Waals surface area contributed by atoms with Gasteiger partial charge in [0.15, 0.2) is 9.84 Å². The topological polar surface area (TPSA) is 34.1 Å². The molecule has 2 rings (SSSR count). The van der Waals surface area contributed by atoms with Gasteiger partial charge in [-0.2, -0.15) is 0 Å². The molecule has 0 aliphatic carbocycles. The third-order valence-electron chi connectivity index (χ3n) is 2.23. The SMILES string of the molecule is CS(=O)(=O)c1ccc2cccc(F)c2c1. The van der Waals surface area contributed by atoms with Crippen LogP contribution >= 0.6 is 0 Å². The first kappa shape index (κ1) is 10.1. The van der Waals surface area contributed by atoms with Crippen molar-refractivity contribution in [3.8, 4) is 0 Å². The second-order valence-electron chi connectivity index (χ2n) is 3.39. The fourth-order valence-electron chi connectivity index (χ4n) is 1.44. The minimum absolute atomic E-state index is 0.139. The Kier molecular flexibility index (Phi) is 2.23. The van der Waals surface area contributed by atoms with Gasteiger partial charge in [0.1, 0.15) is 5.82 Å². The van der Waals surface area contributed by atoms with Crippen molar-refractivity contribution in [3.05, 3.63) is 42.2 Å². The molecule has 0 radical (unpaired) electrons. The molecule has 0 amide bonds. The molecule has 0 saturated carbocycles. The predicted molar refractivity (Wildman–Crippen MR) is 57.0 cm³/mol. The van der Waals surface area contributed by atoms with Crippen molar-refractivity contribution >= 4 is 20.6 Å². The highest BCUT2D eigenvalue weighted by atomic mass is 32.2. The molecule has 2 nitrogen and oxygen atoms in total. The third-order valence-corrected chi connectivity index (χ3v) is 3.34. The molecule has 0 N–H and O–H groups in total. The van der Waals surface area contributed by atoms with Crippen LogP contribution < -0.4 is 0 Å². The van der Waals surface area contributed by atoms with Crippen LogP contribution in [0.1, 0.15) is 0 Å². The van der Waals surface area contributed by atoms with E-state index in [1.807, 2.05) is 0 Å². The standard InChI is InChI=1S/C11H9FO2S/c1-15(13,14)9-6-5-8-3-2-4-11(12)10(8)7-9/h2-7H,1H3. The zero-order valence-electron chi connectivity index (χ0n) is 8.07. The normalized spacial score (nSPS) is 11.9. The monoisotopic (exact) mass is 224 g/mol. The second-order valence-corrected chi connectivity index (χ2v) is 5.41. The van der Waals surface area contributed by atoms with Crippen molar-refractivity contribution < 1.29 is 12.8 Å². The molecule has 0 heterocycles. The summed E-state index contributed by atoms with van der Waals surface area (Å²) in [6, 6.07) is 9.10. The molecule has 2 aromatic carbocycles. The van der Waals surface area contributed by atoms with Gasteiger partial charge in [-0.25, -0.2) is 12.8 Å². The lowest BCUT2D eigenvalue weighted by Gasteiger charge is -2.02. The molecule has 4 heteroatoms. The fraction of sp³-hybridized carbons (Fsp3) is 0.0909. The molecule has 0 spiro atoms. The number of hydrogen-bond acceptors (Lipinski definition) is 2. The molecule has 0 saturated heterocycles. The molecular weight excluding hydrogens is 215 g/mol. The molecule has 0 aromatic heterocycles. The molecule has 0 bridgehead atoms. The number of rotatable bonds is 1. The van der Waals surface area contributed by atoms with Gasteiger partial charge >= 0.3 is 0 Å². The van der Waals surface area contributed by atoms with Crippen LogP contribution in [0.15, 0.2) is 41.3 Å². The van der Waals surface area contributed by atoms with Gasteiger partial charge in [0.25, 0.3) is 0 Å². The highest BCUT2D eigenvalue weighted by Gasteiger charge is 2.08. The largest absolute Gasteiger partial charge is 0.224 e. The maximum absolute atomic E-state index is 13.4. The van der Waals surface area contributed by atoms with Crippen LogP contribution in [0, 0.1) is 5.82 Å². The third kappa shape index (κ3) is 1.85.